The number of hydrogen-bond donors (Lipinski definition) is 1. The highest BCUT2D eigenvalue weighted by atomic mass is 79.9. The van der Waals surface area contributed by atoms with E-state index in [0.29, 0.717) is 6.42 Å². The van der Waals surface area contributed by atoms with Gasteiger partial charge in [0.1, 0.15) is 5.75 Å². The molecule has 0 spiro atoms. The largest absolute Gasteiger partial charge is 0.497 e. The summed E-state index contributed by atoms with van der Waals surface area (Å²) in [5.41, 5.74) is 9.05. The number of ether oxygens (including phenoxy) is 1. The number of amides is 1. The van der Waals surface area contributed by atoms with Gasteiger partial charge < -0.3 is 15.4 Å². The number of nitrogens with two attached hydrogens (primary N) is 1. The minimum absolute atomic E-state index is 0.113. The molecule has 0 radical (unpaired) electrons. The molecule has 122 valence electrons. The second-order valence-electron chi connectivity index (χ2n) is 5.45. The number of carbonyl (C=O) groups is 1. The lowest BCUT2D eigenvalue weighted by Gasteiger charge is -2.22. The summed E-state index contributed by atoms with van der Waals surface area (Å²) in [6, 6.07) is 12.7. The summed E-state index contributed by atoms with van der Waals surface area (Å²) in [6.45, 7) is 1.99. The molecule has 2 N–H and O–H groups in total. The van der Waals surface area contributed by atoms with Crippen LogP contribution in [0.15, 0.2) is 46.9 Å². The van der Waals surface area contributed by atoms with Gasteiger partial charge in [0, 0.05) is 17.2 Å². The van der Waals surface area contributed by atoms with Crippen LogP contribution in [0.25, 0.3) is 0 Å². The van der Waals surface area contributed by atoms with Crippen molar-refractivity contribution in [2.24, 2.45) is 5.73 Å². The summed E-state index contributed by atoms with van der Waals surface area (Å²) in [5.74, 6) is 0.665. The maximum Gasteiger partial charge on any atom is 0.243 e. The Bertz CT molecular complexity index is 666. The van der Waals surface area contributed by atoms with E-state index in [1.807, 2.05) is 49.4 Å². The monoisotopic (exact) mass is 376 g/mol. The zero-order chi connectivity index (χ0) is 17.0. The van der Waals surface area contributed by atoms with E-state index in [0.717, 1.165) is 27.0 Å². The number of para-hydroxylation sites is 1. The standard InChI is InChI=1S/C18H21BrN2O2/c1-12-9-14(23-3)10-16(19)15(12)11-17(20)18(22)21(2)13-7-5-4-6-8-13/h4-10,17H,11,20H2,1-3H3/t17-/m1/s1. The zero-order valence-corrected chi connectivity index (χ0v) is 15.1. The Morgan fingerprint density at radius 3 is 2.52 bits per heavy atom. The van der Waals surface area contributed by atoms with Crippen LogP contribution < -0.4 is 15.4 Å². The van der Waals surface area contributed by atoms with E-state index in [-0.39, 0.29) is 5.91 Å². The lowest BCUT2D eigenvalue weighted by molar-refractivity contribution is -0.119. The Kier molecular flexibility index (Phi) is 5.80. The molecular weight excluding hydrogens is 356 g/mol. The average molecular weight is 377 g/mol. The third-order valence-corrected chi connectivity index (χ3v) is 4.55. The van der Waals surface area contributed by atoms with Crippen LogP contribution >= 0.6 is 15.9 Å². The number of hydrogen-bond acceptors (Lipinski definition) is 3. The van der Waals surface area contributed by atoms with E-state index >= 15 is 0 Å². The SMILES string of the molecule is COc1cc(C)c(C[C@@H](N)C(=O)N(C)c2ccccc2)c(Br)c1. The van der Waals surface area contributed by atoms with Gasteiger partial charge in [-0.25, -0.2) is 0 Å². The molecule has 0 aromatic heterocycles. The van der Waals surface area contributed by atoms with E-state index in [9.17, 15) is 4.79 Å². The summed E-state index contributed by atoms with van der Waals surface area (Å²) < 4.78 is 6.15. The van der Waals surface area contributed by atoms with Gasteiger partial charge in [0.05, 0.1) is 13.2 Å². The fraction of sp³-hybridized carbons (Fsp3) is 0.278. The van der Waals surface area contributed by atoms with Crippen molar-refractivity contribution >= 4 is 27.5 Å². The highest BCUT2D eigenvalue weighted by Gasteiger charge is 2.21. The molecule has 0 heterocycles. The highest BCUT2D eigenvalue weighted by Crippen LogP contribution is 2.28. The summed E-state index contributed by atoms with van der Waals surface area (Å²) >= 11 is 3.54. The minimum Gasteiger partial charge on any atom is -0.497 e. The van der Waals surface area contributed by atoms with Crippen LogP contribution in [0.1, 0.15) is 11.1 Å². The van der Waals surface area contributed by atoms with Crippen molar-refractivity contribution in [1.82, 2.24) is 0 Å². The zero-order valence-electron chi connectivity index (χ0n) is 13.5. The third-order valence-electron chi connectivity index (χ3n) is 3.84. The maximum absolute atomic E-state index is 12.6. The number of benzene rings is 2. The van der Waals surface area contributed by atoms with Gasteiger partial charge in [0.2, 0.25) is 5.91 Å². The Balaban J connectivity index is 2.16. The summed E-state index contributed by atoms with van der Waals surface area (Å²) in [6.07, 6.45) is 0.465. The van der Waals surface area contributed by atoms with Crippen molar-refractivity contribution in [2.45, 2.75) is 19.4 Å². The van der Waals surface area contributed by atoms with E-state index in [4.69, 9.17) is 10.5 Å². The van der Waals surface area contributed by atoms with Crippen LogP contribution in [0, 0.1) is 6.92 Å². The number of anilines is 1. The molecule has 0 bridgehead atoms. The van der Waals surface area contributed by atoms with Crippen LogP contribution in [-0.2, 0) is 11.2 Å². The predicted octanol–water partition coefficient (Wildman–Crippen LogP) is 3.30. The number of aryl methyl sites for hydroxylation is 1. The molecule has 0 aliphatic rings. The van der Waals surface area contributed by atoms with Gasteiger partial charge in [-0.3, -0.25) is 4.79 Å². The first kappa shape index (κ1) is 17.5. The van der Waals surface area contributed by atoms with Crippen LogP contribution in [-0.4, -0.2) is 26.1 Å². The molecule has 2 rings (SSSR count). The van der Waals surface area contributed by atoms with Gasteiger partial charge in [0.15, 0.2) is 0 Å². The van der Waals surface area contributed by atoms with Crippen LogP contribution in [0.5, 0.6) is 5.75 Å². The molecule has 0 saturated heterocycles. The average Bonchev–Trinajstić information content (AvgIpc) is 2.57. The summed E-state index contributed by atoms with van der Waals surface area (Å²) in [7, 11) is 3.37. The number of carbonyl (C=O) groups excluding carboxylic acids is 1. The molecule has 0 fully saturated rings. The number of halogens is 1. The molecule has 2 aromatic rings. The fourth-order valence-electron chi connectivity index (χ4n) is 2.45. The Hall–Kier alpha value is -1.85. The van der Waals surface area contributed by atoms with Gasteiger partial charge in [-0.15, -0.1) is 0 Å². The Morgan fingerprint density at radius 2 is 1.96 bits per heavy atom. The fourth-order valence-corrected chi connectivity index (χ4v) is 3.15. The van der Waals surface area contributed by atoms with Gasteiger partial charge >= 0.3 is 0 Å². The molecular formula is C18H21BrN2O2. The number of rotatable bonds is 5. The minimum atomic E-state index is -0.608. The maximum atomic E-state index is 12.6. The normalized spacial score (nSPS) is 11.9. The third kappa shape index (κ3) is 4.12. The summed E-state index contributed by atoms with van der Waals surface area (Å²) in [4.78, 5) is 14.1. The number of nitrogens with zero attached hydrogens (tertiary/aromatic N) is 1. The van der Waals surface area contributed by atoms with Crippen molar-refractivity contribution in [3.8, 4) is 5.75 Å². The molecule has 0 saturated carbocycles. The van der Waals surface area contributed by atoms with Crippen molar-refractivity contribution in [1.29, 1.82) is 0 Å². The van der Waals surface area contributed by atoms with E-state index in [2.05, 4.69) is 15.9 Å². The van der Waals surface area contributed by atoms with Crippen molar-refractivity contribution < 1.29 is 9.53 Å². The quantitative estimate of drug-likeness (QED) is 0.870. The first-order valence-electron chi connectivity index (χ1n) is 7.35. The topological polar surface area (TPSA) is 55.6 Å². The van der Waals surface area contributed by atoms with Crippen LogP contribution in [0.3, 0.4) is 0 Å². The Morgan fingerprint density at radius 1 is 1.30 bits per heavy atom. The van der Waals surface area contributed by atoms with E-state index in [1.165, 1.54) is 0 Å². The van der Waals surface area contributed by atoms with Gasteiger partial charge in [0.25, 0.3) is 0 Å². The predicted molar refractivity (Wildman–Crippen MR) is 97.0 cm³/mol. The molecule has 0 aliphatic heterocycles. The Labute approximate surface area is 145 Å². The number of likely N-dealkylation sites (N-methyl/N-ethyl adjacent to an activating group) is 1. The van der Waals surface area contributed by atoms with Crippen LogP contribution in [0.4, 0.5) is 5.69 Å². The van der Waals surface area contributed by atoms with Crippen molar-refractivity contribution in [3.05, 3.63) is 58.1 Å². The molecule has 1 amide bonds. The first-order chi connectivity index (χ1) is 10.9. The lowest BCUT2D eigenvalue weighted by atomic mass is 10.0. The smallest absolute Gasteiger partial charge is 0.243 e. The molecule has 1 atom stereocenters. The highest BCUT2D eigenvalue weighted by molar-refractivity contribution is 9.10. The second-order valence-corrected chi connectivity index (χ2v) is 6.30. The molecule has 23 heavy (non-hydrogen) atoms. The molecule has 2 aromatic carbocycles. The molecule has 0 aliphatic carbocycles. The van der Waals surface area contributed by atoms with Gasteiger partial charge in [-0.05, 0) is 48.7 Å². The number of methoxy groups -OCH3 is 1. The second kappa shape index (κ2) is 7.62. The van der Waals surface area contributed by atoms with Gasteiger partial charge in [-0.1, -0.05) is 34.1 Å². The molecule has 0 unspecified atom stereocenters. The first-order valence-corrected chi connectivity index (χ1v) is 8.14. The summed E-state index contributed by atoms with van der Waals surface area (Å²) in [5, 5.41) is 0. The molecule has 5 heteroatoms. The molecule has 4 nitrogen and oxygen atoms in total. The van der Waals surface area contributed by atoms with Gasteiger partial charge in [-0.2, -0.15) is 0 Å². The van der Waals surface area contributed by atoms with Crippen LogP contribution in [0.2, 0.25) is 0 Å². The van der Waals surface area contributed by atoms with Crippen molar-refractivity contribution in [2.75, 3.05) is 19.1 Å². The van der Waals surface area contributed by atoms with E-state index in [1.54, 1.807) is 19.1 Å². The lowest BCUT2D eigenvalue weighted by Crippen LogP contribution is -2.43. The van der Waals surface area contributed by atoms with Crippen molar-refractivity contribution in [3.63, 3.8) is 0 Å². The van der Waals surface area contributed by atoms with E-state index < -0.39 is 6.04 Å².